The lowest BCUT2D eigenvalue weighted by atomic mass is 9.90. The highest BCUT2D eigenvalue weighted by Crippen LogP contribution is 2.26. The maximum Gasteiger partial charge on any atom is 0.319 e. The third kappa shape index (κ3) is 6.54. The molecule has 0 bridgehead atoms. The number of nitrogens with one attached hydrogen (secondary N) is 2. The largest absolute Gasteiger partial charge is 0.485 e. The molecule has 0 atom stereocenters. The van der Waals surface area contributed by atoms with Crippen LogP contribution in [0.1, 0.15) is 30.6 Å². The van der Waals surface area contributed by atoms with Crippen LogP contribution in [-0.4, -0.2) is 42.6 Å². The number of hydrogen-bond acceptors (Lipinski definition) is 4. The van der Waals surface area contributed by atoms with E-state index < -0.39 is 36.4 Å². The van der Waals surface area contributed by atoms with Crippen molar-refractivity contribution in [2.45, 2.75) is 26.7 Å². The maximum atomic E-state index is 12.3. The minimum Gasteiger partial charge on any atom is -0.485 e. The molecule has 0 heterocycles. The highest BCUT2D eigenvalue weighted by atomic mass is 19.3. The van der Waals surface area contributed by atoms with E-state index >= 15 is 0 Å². The Kier molecular flexibility index (Phi) is 7.29. The number of rotatable bonds is 9. The molecule has 0 saturated heterocycles. The summed E-state index contributed by atoms with van der Waals surface area (Å²) in [5.41, 5.74) is 4.17. The van der Waals surface area contributed by atoms with E-state index in [9.17, 15) is 23.2 Å². The molecule has 0 unspecified atom stereocenters. The zero-order valence-corrected chi connectivity index (χ0v) is 14.3. The number of carbonyl (C=O) groups is 3. The molecule has 5 N–H and O–H groups in total. The molecule has 0 aliphatic carbocycles. The van der Waals surface area contributed by atoms with Crippen LogP contribution < -0.4 is 21.1 Å². The van der Waals surface area contributed by atoms with Gasteiger partial charge in [-0.1, -0.05) is 0 Å². The minimum atomic E-state index is -2.72. The van der Waals surface area contributed by atoms with E-state index in [0.29, 0.717) is 0 Å². The molecule has 0 aliphatic rings. The van der Waals surface area contributed by atoms with Crippen LogP contribution in [-0.2, 0) is 4.79 Å². The Morgan fingerprint density at radius 2 is 1.96 bits per heavy atom. The lowest BCUT2D eigenvalue weighted by Crippen LogP contribution is -2.34. The summed E-state index contributed by atoms with van der Waals surface area (Å²) in [6.07, 6.45) is -2.54. The van der Waals surface area contributed by atoms with E-state index in [0.717, 1.165) is 0 Å². The minimum absolute atomic E-state index is 0.0167. The molecule has 0 aliphatic heterocycles. The highest BCUT2D eigenvalue weighted by Gasteiger charge is 2.26. The van der Waals surface area contributed by atoms with Gasteiger partial charge in [0, 0.05) is 12.1 Å². The maximum absolute atomic E-state index is 12.3. The molecule has 0 fully saturated rings. The fraction of sp³-hybridized carbons (Fsp3) is 0.438. The van der Waals surface area contributed by atoms with Gasteiger partial charge in [-0.05, 0) is 38.5 Å². The van der Waals surface area contributed by atoms with Gasteiger partial charge in [-0.2, -0.15) is 0 Å². The van der Waals surface area contributed by atoms with Gasteiger partial charge >= 0.3 is 12.0 Å². The van der Waals surface area contributed by atoms with Crippen LogP contribution >= 0.6 is 0 Å². The van der Waals surface area contributed by atoms with Crippen molar-refractivity contribution in [3.63, 3.8) is 0 Å². The van der Waals surface area contributed by atoms with E-state index in [1.54, 1.807) is 0 Å². The van der Waals surface area contributed by atoms with Crippen molar-refractivity contribution in [3.8, 4) is 5.75 Å². The summed E-state index contributed by atoms with van der Waals surface area (Å²) in [7, 11) is 0. The molecule has 1 aromatic carbocycles. The van der Waals surface area contributed by atoms with Gasteiger partial charge in [0.05, 0.1) is 11.1 Å². The average molecular weight is 373 g/mol. The second kappa shape index (κ2) is 8.97. The SMILES string of the molecule is CC(C)(CCNC(=O)Nc1cc(C(N)=O)ccc1OCC(F)F)C(=O)O. The molecule has 0 radical (unpaired) electrons. The fourth-order valence-corrected chi connectivity index (χ4v) is 1.82. The van der Waals surface area contributed by atoms with Gasteiger partial charge in [0.15, 0.2) is 0 Å². The first-order chi connectivity index (χ1) is 12.0. The third-order valence-corrected chi connectivity index (χ3v) is 3.49. The van der Waals surface area contributed by atoms with Gasteiger partial charge in [-0.15, -0.1) is 0 Å². The first-order valence-electron chi connectivity index (χ1n) is 7.66. The van der Waals surface area contributed by atoms with Gasteiger partial charge in [-0.25, -0.2) is 13.6 Å². The monoisotopic (exact) mass is 373 g/mol. The van der Waals surface area contributed by atoms with Gasteiger partial charge in [0.25, 0.3) is 6.43 Å². The summed E-state index contributed by atoms with van der Waals surface area (Å²) >= 11 is 0. The number of halogens is 2. The summed E-state index contributed by atoms with van der Waals surface area (Å²) in [5.74, 6) is -1.83. The second-order valence-corrected chi connectivity index (χ2v) is 6.10. The molecule has 0 aromatic heterocycles. The number of hydrogen-bond donors (Lipinski definition) is 4. The van der Waals surface area contributed by atoms with E-state index in [2.05, 4.69) is 10.6 Å². The second-order valence-electron chi connectivity index (χ2n) is 6.10. The quantitative estimate of drug-likeness (QED) is 0.526. The van der Waals surface area contributed by atoms with E-state index in [1.807, 2.05) is 0 Å². The zero-order valence-electron chi connectivity index (χ0n) is 14.3. The Bertz CT molecular complexity index is 680. The van der Waals surface area contributed by atoms with Gasteiger partial charge in [0.2, 0.25) is 5.91 Å². The van der Waals surface area contributed by atoms with Gasteiger partial charge < -0.3 is 26.2 Å². The fourth-order valence-electron chi connectivity index (χ4n) is 1.82. The lowest BCUT2D eigenvalue weighted by molar-refractivity contribution is -0.147. The van der Waals surface area contributed by atoms with Crippen LogP contribution in [0, 0.1) is 5.41 Å². The van der Waals surface area contributed by atoms with Crippen LogP contribution in [0.2, 0.25) is 0 Å². The summed E-state index contributed by atoms with van der Waals surface area (Å²) in [5, 5.41) is 13.8. The molecule has 26 heavy (non-hydrogen) atoms. The Morgan fingerprint density at radius 1 is 1.31 bits per heavy atom. The van der Waals surface area contributed by atoms with Crippen LogP contribution in [0.15, 0.2) is 18.2 Å². The molecular formula is C16H21F2N3O5. The summed E-state index contributed by atoms with van der Waals surface area (Å²) in [4.78, 5) is 34.2. The Balaban J connectivity index is 2.78. The van der Waals surface area contributed by atoms with E-state index in [4.69, 9.17) is 15.6 Å². The molecule has 1 aromatic rings. The topological polar surface area (TPSA) is 131 Å². The van der Waals surface area contributed by atoms with Crippen LogP contribution in [0.3, 0.4) is 0 Å². The Hall–Kier alpha value is -2.91. The number of amides is 3. The van der Waals surface area contributed by atoms with Crippen molar-refractivity contribution >= 4 is 23.6 Å². The third-order valence-electron chi connectivity index (χ3n) is 3.49. The Morgan fingerprint density at radius 3 is 2.50 bits per heavy atom. The number of carbonyl (C=O) groups excluding carboxylic acids is 2. The van der Waals surface area contributed by atoms with Crippen molar-refractivity contribution in [1.29, 1.82) is 0 Å². The number of ether oxygens (including phenoxy) is 1. The van der Waals surface area contributed by atoms with Crippen molar-refractivity contribution in [2.24, 2.45) is 11.1 Å². The van der Waals surface area contributed by atoms with Gasteiger partial charge in [-0.3, -0.25) is 9.59 Å². The van der Waals surface area contributed by atoms with E-state index in [1.165, 1.54) is 32.0 Å². The standard InChI is InChI=1S/C16H21F2N3O5/c1-16(2,14(23)24)5-6-20-15(25)21-10-7-9(13(19)22)3-4-11(10)26-8-12(17)18/h3-4,7,12H,5-6,8H2,1-2H3,(H2,19,22)(H,23,24)(H2,20,21,25). The number of benzene rings is 1. The van der Waals surface area contributed by atoms with Crippen molar-refractivity contribution in [2.75, 3.05) is 18.5 Å². The molecule has 1 rings (SSSR count). The van der Waals surface area contributed by atoms with E-state index in [-0.39, 0.29) is 30.0 Å². The van der Waals surface area contributed by atoms with Crippen molar-refractivity contribution in [1.82, 2.24) is 5.32 Å². The zero-order chi connectivity index (χ0) is 19.9. The lowest BCUT2D eigenvalue weighted by Gasteiger charge is -2.19. The highest BCUT2D eigenvalue weighted by molar-refractivity contribution is 5.97. The molecule has 0 spiro atoms. The van der Waals surface area contributed by atoms with Crippen LogP contribution in [0.25, 0.3) is 0 Å². The van der Waals surface area contributed by atoms with Crippen LogP contribution in [0.4, 0.5) is 19.3 Å². The number of primary amides is 1. The first-order valence-corrected chi connectivity index (χ1v) is 7.66. The average Bonchev–Trinajstić information content (AvgIpc) is 2.52. The summed E-state index contributed by atoms with van der Waals surface area (Å²) in [6, 6.07) is 3.01. The van der Waals surface area contributed by atoms with Crippen molar-refractivity contribution < 1.29 is 33.0 Å². The van der Waals surface area contributed by atoms with Gasteiger partial charge in [0.1, 0.15) is 12.4 Å². The first kappa shape index (κ1) is 21.1. The Labute approximate surface area is 148 Å². The smallest absolute Gasteiger partial charge is 0.319 e. The number of urea groups is 1. The predicted octanol–water partition coefficient (Wildman–Crippen LogP) is 2.05. The normalized spacial score (nSPS) is 11.1. The number of anilines is 1. The number of carboxylic acid groups (broad SMARTS) is 1. The predicted molar refractivity (Wildman–Crippen MR) is 89.5 cm³/mol. The molecular weight excluding hydrogens is 352 g/mol. The summed E-state index contributed by atoms with van der Waals surface area (Å²) in [6.45, 7) is 2.20. The molecule has 144 valence electrons. The molecule has 3 amide bonds. The molecule has 0 saturated carbocycles. The number of aliphatic carboxylic acids is 1. The number of nitrogens with two attached hydrogens (primary N) is 1. The molecule has 10 heteroatoms. The number of carboxylic acids is 1. The van der Waals surface area contributed by atoms with Crippen molar-refractivity contribution in [3.05, 3.63) is 23.8 Å². The van der Waals surface area contributed by atoms with Crippen LogP contribution in [0.5, 0.6) is 5.75 Å². The molecule has 8 nitrogen and oxygen atoms in total. The summed E-state index contributed by atoms with van der Waals surface area (Å²) < 4.78 is 29.5. The number of alkyl halides is 2.